The van der Waals surface area contributed by atoms with Crippen LogP contribution in [-0.4, -0.2) is 12.4 Å². The average molecular weight is 238 g/mol. The molecule has 0 saturated heterocycles. The lowest BCUT2D eigenvalue weighted by molar-refractivity contribution is -0.0498. The number of rotatable bonds is 6. The minimum atomic E-state index is -2.89. The maximum Gasteiger partial charge on any atom is 0.387 e. The molecule has 0 amide bonds. The molecule has 0 atom stereocenters. The predicted octanol–water partition coefficient (Wildman–Crippen LogP) is 3.27. The number of ether oxygens (including phenoxy) is 1. The molecular weight excluding hydrogens is 226 g/mol. The molecule has 0 N–H and O–H groups in total. The SMILES string of the molecule is C#CCCCC(=O)c1cccc(OC(F)F)c1. The van der Waals surface area contributed by atoms with E-state index in [0.717, 1.165) is 0 Å². The van der Waals surface area contributed by atoms with Crippen molar-refractivity contribution in [3.63, 3.8) is 0 Å². The Balaban J connectivity index is 2.64. The number of carbonyl (C=O) groups is 1. The summed E-state index contributed by atoms with van der Waals surface area (Å²) in [5.41, 5.74) is 0.361. The summed E-state index contributed by atoms with van der Waals surface area (Å²) in [4.78, 5) is 11.6. The Labute approximate surface area is 98.6 Å². The van der Waals surface area contributed by atoms with Crippen molar-refractivity contribution < 1.29 is 18.3 Å². The molecule has 1 aromatic rings. The van der Waals surface area contributed by atoms with Gasteiger partial charge in [0.05, 0.1) is 0 Å². The van der Waals surface area contributed by atoms with E-state index in [2.05, 4.69) is 10.7 Å². The lowest BCUT2D eigenvalue weighted by atomic mass is 10.1. The molecule has 0 bridgehead atoms. The molecule has 0 aliphatic carbocycles. The van der Waals surface area contributed by atoms with E-state index in [4.69, 9.17) is 6.42 Å². The third-order valence-corrected chi connectivity index (χ3v) is 2.11. The van der Waals surface area contributed by atoms with Crippen molar-refractivity contribution in [2.75, 3.05) is 0 Å². The number of hydrogen-bond donors (Lipinski definition) is 0. The highest BCUT2D eigenvalue weighted by Gasteiger charge is 2.09. The van der Waals surface area contributed by atoms with Gasteiger partial charge in [-0.15, -0.1) is 12.3 Å². The van der Waals surface area contributed by atoms with E-state index in [-0.39, 0.29) is 11.5 Å². The summed E-state index contributed by atoms with van der Waals surface area (Å²) < 4.78 is 28.2. The Hall–Kier alpha value is -1.89. The first-order valence-electron chi connectivity index (χ1n) is 5.15. The van der Waals surface area contributed by atoms with Crippen LogP contribution in [0.5, 0.6) is 5.75 Å². The number of terminal acetylenes is 1. The van der Waals surface area contributed by atoms with Gasteiger partial charge in [-0.3, -0.25) is 4.79 Å². The fraction of sp³-hybridized carbons (Fsp3) is 0.308. The Bertz CT molecular complexity index is 422. The van der Waals surface area contributed by atoms with Gasteiger partial charge in [-0.1, -0.05) is 12.1 Å². The van der Waals surface area contributed by atoms with Crippen molar-refractivity contribution >= 4 is 5.78 Å². The Morgan fingerprint density at radius 2 is 2.24 bits per heavy atom. The van der Waals surface area contributed by atoms with Gasteiger partial charge in [0, 0.05) is 18.4 Å². The minimum Gasteiger partial charge on any atom is -0.435 e. The summed E-state index contributed by atoms with van der Waals surface area (Å²) in [6.45, 7) is -2.89. The van der Waals surface area contributed by atoms with Gasteiger partial charge in [-0.05, 0) is 18.6 Å². The quantitative estimate of drug-likeness (QED) is 0.432. The summed E-state index contributed by atoms with van der Waals surface area (Å²) >= 11 is 0. The van der Waals surface area contributed by atoms with Crippen LogP contribution in [0, 0.1) is 12.3 Å². The van der Waals surface area contributed by atoms with Gasteiger partial charge in [0.1, 0.15) is 5.75 Å². The fourth-order valence-electron chi connectivity index (χ4n) is 1.34. The average Bonchev–Trinajstić information content (AvgIpc) is 2.28. The van der Waals surface area contributed by atoms with Crippen molar-refractivity contribution in [2.24, 2.45) is 0 Å². The third kappa shape index (κ3) is 4.64. The summed E-state index contributed by atoms with van der Waals surface area (Å²) in [6.07, 6.45) is 6.49. The van der Waals surface area contributed by atoms with Crippen molar-refractivity contribution in [1.29, 1.82) is 0 Å². The number of alkyl halides is 2. The van der Waals surface area contributed by atoms with Crippen LogP contribution in [0.15, 0.2) is 24.3 Å². The van der Waals surface area contributed by atoms with E-state index in [1.807, 2.05) is 0 Å². The first-order valence-corrected chi connectivity index (χ1v) is 5.15. The predicted molar refractivity (Wildman–Crippen MR) is 60.1 cm³/mol. The van der Waals surface area contributed by atoms with Crippen molar-refractivity contribution in [2.45, 2.75) is 25.9 Å². The monoisotopic (exact) mass is 238 g/mol. The molecule has 2 nitrogen and oxygen atoms in total. The molecule has 0 spiro atoms. The van der Waals surface area contributed by atoms with Crippen molar-refractivity contribution in [1.82, 2.24) is 0 Å². The number of unbranched alkanes of at least 4 members (excludes halogenated alkanes) is 1. The molecular formula is C13H12F2O2. The lowest BCUT2D eigenvalue weighted by Gasteiger charge is -2.05. The van der Waals surface area contributed by atoms with Gasteiger partial charge in [-0.25, -0.2) is 0 Å². The molecule has 0 fully saturated rings. The molecule has 0 unspecified atom stereocenters. The minimum absolute atomic E-state index is 0.0113. The number of ketones is 1. The van der Waals surface area contributed by atoms with Gasteiger partial charge in [0.25, 0.3) is 0 Å². The van der Waals surface area contributed by atoms with Gasteiger partial charge in [-0.2, -0.15) is 8.78 Å². The van der Waals surface area contributed by atoms with Crippen LogP contribution in [0.2, 0.25) is 0 Å². The summed E-state index contributed by atoms with van der Waals surface area (Å²) in [5, 5.41) is 0. The standard InChI is InChI=1S/C13H12F2O2/c1-2-3-4-8-12(16)10-6-5-7-11(9-10)17-13(14)15/h1,5-7,9,13H,3-4,8H2. The van der Waals surface area contributed by atoms with Crippen molar-refractivity contribution in [3.05, 3.63) is 29.8 Å². The largest absolute Gasteiger partial charge is 0.435 e. The summed E-state index contributed by atoms with van der Waals surface area (Å²) in [7, 11) is 0. The summed E-state index contributed by atoms with van der Waals surface area (Å²) in [5.74, 6) is 2.30. The highest BCUT2D eigenvalue weighted by atomic mass is 19.3. The van der Waals surface area contributed by atoms with E-state index in [0.29, 0.717) is 24.8 Å². The molecule has 17 heavy (non-hydrogen) atoms. The van der Waals surface area contributed by atoms with Crippen LogP contribution in [0.4, 0.5) is 8.78 Å². The zero-order chi connectivity index (χ0) is 12.7. The maximum absolute atomic E-state index is 12.0. The molecule has 0 aliphatic heterocycles. The molecule has 0 radical (unpaired) electrons. The topological polar surface area (TPSA) is 26.3 Å². The smallest absolute Gasteiger partial charge is 0.387 e. The first-order chi connectivity index (χ1) is 8.13. The second kappa shape index (κ2) is 6.64. The number of hydrogen-bond acceptors (Lipinski definition) is 2. The molecule has 0 saturated carbocycles. The Morgan fingerprint density at radius 3 is 2.88 bits per heavy atom. The normalized spacial score (nSPS) is 10.0. The van der Waals surface area contributed by atoms with Crippen LogP contribution in [0.3, 0.4) is 0 Å². The van der Waals surface area contributed by atoms with Crippen LogP contribution < -0.4 is 4.74 Å². The molecule has 0 aliphatic rings. The van der Waals surface area contributed by atoms with Gasteiger partial charge in [0.15, 0.2) is 5.78 Å². The van der Waals surface area contributed by atoms with E-state index in [1.54, 1.807) is 6.07 Å². The van der Waals surface area contributed by atoms with E-state index >= 15 is 0 Å². The molecule has 0 aromatic heterocycles. The maximum atomic E-state index is 12.0. The number of carbonyl (C=O) groups excluding carboxylic acids is 1. The van der Waals surface area contributed by atoms with Crippen molar-refractivity contribution in [3.8, 4) is 18.1 Å². The van der Waals surface area contributed by atoms with Gasteiger partial charge < -0.3 is 4.74 Å². The third-order valence-electron chi connectivity index (χ3n) is 2.11. The molecule has 4 heteroatoms. The highest BCUT2D eigenvalue weighted by Crippen LogP contribution is 2.17. The lowest BCUT2D eigenvalue weighted by Crippen LogP contribution is -2.04. The first kappa shape index (κ1) is 13.2. The van der Waals surface area contributed by atoms with Crippen LogP contribution >= 0.6 is 0 Å². The second-order valence-electron chi connectivity index (χ2n) is 3.39. The van der Waals surface area contributed by atoms with E-state index < -0.39 is 6.61 Å². The van der Waals surface area contributed by atoms with Gasteiger partial charge >= 0.3 is 6.61 Å². The van der Waals surface area contributed by atoms with Crippen LogP contribution in [-0.2, 0) is 0 Å². The molecule has 1 aromatic carbocycles. The number of benzene rings is 1. The molecule has 1 rings (SSSR count). The van der Waals surface area contributed by atoms with Crippen LogP contribution in [0.1, 0.15) is 29.6 Å². The fourth-order valence-corrected chi connectivity index (χ4v) is 1.34. The molecule has 0 heterocycles. The second-order valence-corrected chi connectivity index (χ2v) is 3.39. The Morgan fingerprint density at radius 1 is 1.47 bits per heavy atom. The number of Topliss-reactive ketones (excluding diaryl/α,β-unsaturated/α-hetero) is 1. The highest BCUT2D eigenvalue weighted by molar-refractivity contribution is 5.96. The van der Waals surface area contributed by atoms with Gasteiger partial charge in [0.2, 0.25) is 0 Å². The molecule has 90 valence electrons. The number of halogens is 2. The van der Waals surface area contributed by atoms with E-state index in [9.17, 15) is 13.6 Å². The zero-order valence-corrected chi connectivity index (χ0v) is 9.16. The van der Waals surface area contributed by atoms with E-state index in [1.165, 1.54) is 18.2 Å². The summed E-state index contributed by atoms with van der Waals surface area (Å²) in [6, 6.07) is 5.76. The Kier molecular flexibility index (Phi) is 5.15. The zero-order valence-electron chi connectivity index (χ0n) is 9.16. The van der Waals surface area contributed by atoms with Crippen LogP contribution in [0.25, 0.3) is 0 Å².